The van der Waals surface area contributed by atoms with Gasteiger partial charge in [-0.25, -0.2) is 9.59 Å². The van der Waals surface area contributed by atoms with Crippen molar-refractivity contribution >= 4 is 101 Å². The summed E-state index contributed by atoms with van der Waals surface area (Å²) in [7, 11) is 3.22. The molecule has 0 unspecified atom stereocenters. The van der Waals surface area contributed by atoms with Crippen LogP contribution in [0.1, 0.15) is 121 Å². The number of rotatable bonds is 18. The Hall–Kier alpha value is -4.37. The topological polar surface area (TPSA) is 153 Å². The van der Waals surface area contributed by atoms with Crippen LogP contribution < -0.4 is 14.9 Å². The molecule has 1 saturated heterocycles. The van der Waals surface area contributed by atoms with Gasteiger partial charge in [0.25, 0.3) is 0 Å². The summed E-state index contributed by atoms with van der Waals surface area (Å²) < 4.78 is 37.8. The van der Waals surface area contributed by atoms with Gasteiger partial charge in [-0.1, -0.05) is 69.7 Å². The van der Waals surface area contributed by atoms with E-state index in [1.807, 2.05) is 120 Å². The minimum atomic E-state index is -0.454. The lowest BCUT2D eigenvalue weighted by Gasteiger charge is -2.32. The number of amides is 2. The van der Waals surface area contributed by atoms with E-state index in [0.29, 0.717) is 26.3 Å². The molecule has 74 heavy (non-hydrogen) atoms. The third-order valence-corrected chi connectivity index (χ3v) is 14.1. The average molecular weight is 1260 g/mol. The smallest absolute Gasteiger partial charge is 0.494 e. The van der Waals surface area contributed by atoms with Gasteiger partial charge >= 0.3 is 19.3 Å². The zero-order valence-electron chi connectivity index (χ0n) is 45.3. The molecule has 6 aromatic rings. The minimum Gasteiger partial charge on any atom is -0.494 e. The number of nitrogens with zero attached hydrogens (tertiary/aromatic N) is 4. The Balaban J connectivity index is 0.000000227. The molecule has 0 saturated carbocycles. The fourth-order valence-electron chi connectivity index (χ4n) is 7.43. The molecule has 4 aromatic carbocycles. The van der Waals surface area contributed by atoms with E-state index in [4.69, 9.17) is 28.3 Å². The number of fused-ring (bicyclic) bond motifs is 2. The highest BCUT2D eigenvalue weighted by Gasteiger charge is 2.51. The third kappa shape index (κ3) is 19.3. The molecule has 18 heteroatoms. The Bertz CT molecular complexity index is 2690. The van der Waals surface area contributed by atoms with Crippen LogP contribution in [-0.2, 0) is 18.8 Å². The Kier molecular flexibility index (Phi) is 22.6. The van der Waals surface area contributed by atoms with Gasteiger partial charge in [-0.2, -0.15) is 10.2 Å². The van der Waals surface area contributed by atoms with E-state index in [1.165, 1.54) is 5.39 Å². The number of ether oxygens (including phenoxy) is 4. The van der Waals surface area contributed by atoms with Crippen LogP contribution in [-0.4, -0.2) is 112 Å². The number of aromatic nitrogens is 4. The highest BCUT2D eigenvalue weighted by atomic mass is 127. The van der Waals surface area contributed by atoms with Gasteiger partial charge in [-0.3, -0.25) is 10.2 Å². The van der Waals surface area contributed by atoms with Gasteiger partial charge in [-0.15, -0.1) is 0 Å². The SMILES string of the molecule is Brc1ccc2c(I)[nH]nc2c1.CN(CCCCCCOc1ccc(-c2n[nH]c3cc(Br)ccc23)cc1)C(=O)OC(C)(C)C.CN(CCCCCCOc1ccc(B2OC(C)(C)C(C)(C)O2)cc1)C(=O)OC(C)(C)C. The number of nitrogens with one attached hydrogen (secondary N) is 2. The van der Waals surface area contributed by atoms with Crippen LogP contribution in [0.4, 0.5) is 9.59 Å². The van der Waals surface area contributed by atoms with Crippen molar-refractivity contribution in [1.82, 2.24) is 30.2 Å². The first-order chi connectivity index (χ1) is 34.8. The number of benzene rings is 4. The summed E-state index contributed by atoms with van der Waals surface area (Å²) in [5.41, 5.74) is 3.42. The first kappa shape index (κ1) is 60.5. The van der Waals surface area contributed by atoms with Crippen molar-refractivity contribution in [1.29, 1.82) is 0 Å². The van der Waals surface area contributed by atoms with Crippen LogP contribution in [0.3, 0.4) is 0 Å². The van der Waals surface area contributed by atoms with Gasteiger partial charge in [0.05, 0.1) is 41.1 Å². The van der Waals surface area contributed by atoms with Gasteiger partial charge in [0.1, 0.15) is 26.4 Å². The van der Waals surface area contributed by atoms with Crippen molar-refractivity contribution in [3.63, 3.8) is 0 Å². The quantitative estimate of drug-likeness (QED) is 0.0483. The monoisotopic (exact) mass is 1260 g/mol. The maximum atomic E-state index is 11.9. The molecule has 14 nitrogen and oxygen atoms in total. The van der Waals surface area contributed by atoms with E-state index < -0.39 is 11.2 Å². The van der Waals surface area contributed by atoms with E-state index in [2.05, 4.69) is 109 Å². The van der Waals surface area contributed by atoms with E-state index in [9.17, 15) is 9.59 Å². The predicted molar refractivity (Wildman–Crippen MR) is 314 cm³/mol. The highest BCUT2D eigenvalue weighted by Crippen LogP contribution is 2.37. The number of halogens is 3. The van der Waals surface area contributed by atoms with Crippen molar-refractivity contribution in [3.8, 4) is 22.8 Å². The number of hydrogen-bond acceptors (Lipinski definition) is 10. The number of carbonyl (C=O) groups is 2. The maximum Gasteiger partial charge on any atom is 0.494 e. The summed E-state index contributed by atoms with van der Waals surface area (Å²) in [5.74, 6) is 1.71. The van der Waals surface area contributed by atoms with E-state index >= 15 is 0 Å². The Morgan fingerprint density at radius 2 is 1.08 bits per heavy atom. The number of aromatic amines is 2. The van der Waals surface area contributed by atoms with Crippen LogP contribution in [0.25, 0.3) is 33.1 Å². The largest absolute Gasteiger partial charge is 0.494 e. The van der Waals surface area contributed by atoms with E-state index in [0.717, 1.165) is 109 Å². The van der Waals surface area contributed by atoms with E-state index in [1.54, 1.807) is 23.9 Å². The molecule has 0 spiro atoms. The molecule has 1 aliphatic heterocycles. The Morgan fingerprint density at radius 1 is 0.622 bits per heavy atom. The molecule has 2 amide bonds. The molecule has 2 aromatic heterocycles. The second-order valence-corrected chi connectivity index (χ2v) is 24.4. The molecule has 0 radical (unpaired) electrons. The lowest BCUT2D eigenvalue weighted by molar-refractivity contribution is 0.00578. The Morgan fingerprint density at radius 3 is 1.58 bits per heavy atom. The lowest BCUT2D eigenvalue weighted by Crippen LogP contribution is -2.41. The number of unbranched alkanes of at least 4 members (excludes halogenated alkanes) is 6. The summed E-state index contributed by atoms with van der Waals surface area (Å²) in [6.07, 6.45) is 7.58. The number of hydrogen-bond donors (Lipinski definition) is 2. The maximum absolute atomic E-state index is 11.9. The van der Waals surface area contributed by atoms with Crippen LogP contribution in [0.5, 0.6) is 11.5 Å². The van der Waals surface area contributed by atoms with Gasteiger partial charge in [0.2, 0.25) is 0 Å². The minimum absolute atomic E-state index is 0.264. The molecule has 0 bridgehead atoms. The zero-order valence-corrected chi connectivity index (χ0v) is 50.7. The molecule has 0 aliphatic carbocycles. The standard InChI is InChI=1S/C25H32BrN3O3.C24H40BNO5.C7H4BrIN2/c1-25(2,3)32-24(30)29(4)15-7-5-6-8-16-31-20-12-9-18(10-13-20)23-21-14-11-19(26)17-22(21)27-28-23;1-22(2,3)29-21(27)26(8)17-11-9-10-12-18-28-20-15-13-19(14-16-20)25-30-23(4,5)24(6,7)31-25;8-4-1-2-5-6(3-4)10-11-7(5)9/h9-14,17H,5-8,15-16H2,1-4H3,(H,27,28);13-16H,9-12,17-18H2,1-8H3;1-3H,(H,10,11). The number of carbonyl (C=O) groups excluding carboxylic acids is 2. The Labute approximate surface area is 469 Å². The van der Waals surface area contributed by atoms with Crippen molar-refractivity contribution in [3.05, 3.63) is 97.6 Å². The molecule has 2 N–H and O–H groups in total. The summed E-state index contributed by atoms with van der Waals surface area (Å²) >= 11 is 9.10. The second-order valence-electron chi connectivity index (χ2n) is 21.5. The molecule has 402 valence electrons. The van der Waals surface area contributed by atoms with Gasteiger partial charge in [0.15, 0.2) is 0 Å². The zero-order chi connectivity index (χ0) is 54.3. The van der Waals surface area contributed by atoms with E-state index in [-0.39, 0.29) is 30.5 Å². The molecular formula is C56H76BBr2IN6O8. The average Bonchev–Trinajstić information content (AvgIpc) is 3.98. The molecule has 1 fully saturated rings. The summed E-state index contributed by atoms with van der Waals surface area (Å²) in [5, 5.41) is 16.9. The summed E-state index contributed by atoms with van der Waals surface area (Å²) in [6.45, 7) is 22.3. The van der Waals surface area contributed by atoms with Crippen molar-refractivity contribution < 1.29 is 37.8 Å². The first-order valence-electron chi connectivity index (χ1n) is 25.4. The third-order valence-electron chi connectivity index (χ3n) is 12.3. The molecule has 3 heterocycles. The van der Waals surface area contributed by atoms with Crippen molar-refractivity contribution in [2.75, 3.05) is 40.4 Å². The van der Waals surface area contributed by atoms with Crippen molar-refractivity contribution in [2.24, 2.45) is 0 Å². The summed E-state index contributed by atoms with van der Waals surface area (Å²) in [4.78, 5) is 27.1. The normalized spacial score (nSPS) is 13.9. The summed E-state index contributed by atoms with van der Waals surface area (Å²) in [6, 6.07) is 28.2. The molecule has 1 aliphatic rings. The first-order valence-corrected chi connectivity index (χ1v) is 28.1. The van der Waals surface area contributed by atoms with Crippen LogP contribution in [0, 0.1) is 3.70 Å². The molecule has 7 rings (SSSR count). The van der Waals surface area contributed by atoms with Gasteiger partial charge in [-0.05, 0) is 196 Å². The fraction of sp³-hybridized carbons (Fsp3) is 0.500. The highest BCUT2D eigenvalue weighted by molar-refractivity contribution is 14.1. The lowest BCUT2D eigenvalue weighted by atomic mass is 9.79. The molecular weight excluding hydrogens is 1180 g/mol. The fourth-order valence-corrected chi connectivity index (χ4v) is 8.71. The van der Waals surface area contributed by atoms with Crippen LogP contribution in [0.2, 0.25) is 0 Å². The van der Waals surface area contributed by atoms with Crippen molar-refractivity contribution in [2.45, 2.75) is 143 Å². The second kappa shape index (κ2) is 27.6. The predicted octanol–water partition coefficient (Wildman–Crippen LogP) is 14.5. The number of H-pyrrole nitrogens is 2. The van der Waals surface area contributed by atoms with Crippen LogP contribution in [0.15, 0.2) is 93.9 Å². The molecule has 0 atom stereocenters. The van der Waals surface area contributed by atoms with Gasteiger partial charge in [0, 0.05) is 52.5 Å². The van der Waals surface area contributed by atoms with Crippen LogP contribution >= 0.6 is 54.5 Å². The van der Waals surface area contributed by atoms with Gasteiger partial charge < -0.3 is 38.1 Å².